The molecule has 0 spiro atoms. The molecule has 14 aromatic rings. The molecule has 0 amide bonds. The Morgan fingerprint density at radius 3 is 1.69 bits per heavy atom. The number of rotatable bonds is 3. The average molecular weight is 750 g/mol. The largest absolute Gasteiger partial charge is 0.309 e. The van der Waals surface area contributed by atoms with E-state index in [0.29, 0.717) is 0 Å². The van der Waals surface area contributed by atoms with E-state index in [-0.39, 0.29) is 0 Å². The van der Waals surface area contributed by atoms with Crippen molar-refractivity contribution < 1.29 is 0 Å². The van der Waals surface area contributed by atoms with Gasteiger partial charge in [-0.05, 0) is 77.5 Å². The second-order valence-corrected chi connectivity index (χ2v) is 15.8. The van der Waals surface area contributed by atoms with Crippen LogP contribution in [0.4, 0.5) is 0 Å². The number of aromatic nitrogens is 5. The summed E-state index contributed by atoms with van der Waals surface area (Å²) in [4.78, 5) is 11.1. The number of fused-ring (bicyclic) bond motifs is 15. The van der Waals surface area contributed by atoms with Gasteiger partial charge in [-0.1, -0.05) is 121 Å². The van der Waals surface area contributed by atoms with Gasteiger partial charge in [0.25, 0.3) is 0 Å². The summed E-state index contributed by atoms with van der Waals surface area (Å²) in [5.74, 6) is 0.809. The first-order valence-electron chi connectivity index (χ1n) is 20.2. The van der Waals surface area contributed by atoms with Gasteiger partial charge >= 0.3 is 0 Å². The van der Waals surface area contributed by atoms with Crippen LogP contribution in [0.25, 0.3) is 126 Å². The molecule has 0 atom stereocenters. The van der Waals surface area contributed by atoms with E-state index in [9.17, 15) is 0 Å². The standard InChI is InChI=1S/C54H31N5/c1-2-16-35(17-3-1)57-45-23-11-6-18-36(45)39-27-26-34(30-48(39)57)51-54(56-44-22-10-9-21-43(44)55-51)59-47-25-13-8-20-38(47)41-31-40-37-19-7-12-24-46(37)58-49-29-33-15-5-4-14-32(33)28-42(49)50(52(40)58)53(41)59/h1-31H. The summed E-state index contributed by atoms with van der Waals surface area (Å²) in [7, 11) is 0. The molecular formula is C54H31N5. The highest BCUT2D eigenvalue weighted by molar-refractivity contribution is 6.35. The first kappa shape index (κ1) is 31.1. The molecule has 0 aliphatic carbocycles. The lowest BCUT2D eigenvalue weighted by Gasteiger charge is -2.15. The van der Waals surface area contributed by atoms with E-state index in [1.807, 2.05) is 0 Å². The lowest BCUT2D eigenvalue weighted by Crippen LogP contribution is -2.04. The summed E-state index contributed by atoms with van der Waals surface area (Å²) in [6, 6.07) is 68.0. The van der Waals surface area contributed by atoms with Gasteiger partial charge < -0.3 is 8.97 Å². The second kappa shape index (κ2) is 11.3. The molecule has 0 aliphatic heterocycles. The van der Waals surface area contributed by atoms with Crippen LogP contribution in [0.15, 0.2) is 188 Å². The van der Waals surface area contributed by atoms with Crippen molar-refractivity contribution in [2.75, 3.05) is 0 Å². The fourth-order valence-corrected chi connectivity index (χ4v) is 10.2. The molecule has 14 rings (SSSR count). The maximum Gasteiger partial charge on any atom is 0.165 e. The van der Waals surface area contributed by atoms with Crippen LogP contribution >= 0.6 is 0 Å². The van der Waals surface area contributed by atoms with Crippen LogP contribution in [0.5, 0.6) is 0 Å². The molecule has 272 valence electrons. The molecule has 0 aliphatic rings. The Morgan fingerprint density at radius 1 is 0.339 bits per heavy atom. The monoisotopic (exact) mass is 749 g/mol. The number of nitrogens with zero attached hydrogens (tertiary/aromatic N) is 5. The SMILES string of the molecule is c1ccc(-n2c3ccccc3c3ccc(-c4nc5ccccc5nc4-n4c5ccccc5c5cc6c7ccccc7n7c8cc9ccccc9cc8c(c54)c67)cc32)cc1. The van der Waals surface area contributed by atoms with E-state index in [4.69, 9.17) is 9.97 Å². The predicted octanol–water partition coefficient (Wildman–Crippen LogP) is 13.8. The van der Waals surface area contributed by atoms with Crippen LogP contribution in [0.1, 0.15) is 0 Å². The van der Waals surface area contributed by atoms with Crippen molar-refractivity contribution >= 4 is 104 Å². The fourth-order valence-electron chi connectivity index (χ4n) is 10.2. The van der Waals surface area contributed by atoms with Gasteiger partial charge in [0, 0.05) is 54.3 Å². The van der Waals surface area contributed by atoms with Crippen LogP contribution in [0, 0.1) is 0 Å². The van der Waals surface area contributed by atoms with Crippen molar-refractivity contribution in [1.29, 1.82) is 0 Å². The lowest BCUT2D eigenvalue weighted by atomic mass is 10.0. The molecular weight excluding hydrogens is 719 g/mol. The molecule has 0 saturated carbocycles. The maximum atomic E-state index is 5.61. The van der Waals surface area contributed by atoms with Crippen molar-refractivity contribution in [2.45, 2.75) is 0 Å². The van der Waals surface area contributed by atoms with Gasteiger partial charge in [-0.3, -0.25) is 4.57 Å². The second-order valence-electron chi connectivity index (χ2n) is 15.8. The Bertz CT molecular complexity index is 4070. The van der Waals surface area contributed by atoms with Crippen molar-refractivity contribution in [1.82, 2.24) is 23.5 Å². The number of hydrogen-bond donors (Lipinski definition) is 0. The lowest BCUT2D eigenvalue weighted by molar-refractivity contribution is 1.08. The maximum absolute atomic E-state index is 5.61. The zero-order valence-electron chi connectivity index (χ0n) is 31.6. The highest BCUT2D eigenvalue weighted by atomic mass is 15.1. The molecule has 9 aromatic carbocycles. The molecule has 59 heavy (non-hydrogen) atoms. The van der Waals surface area contributed by atoms with E-state index in [1.54, 1.807) is 0 Å². The van der Waals surface area contributed by atoms with E-state index in [0.717, 1.165) is 50.3 Å². The molecule has 0 bridgehead atoms. The van der Waals surface area contributed by atoms with Crippen LogP contribution in [-0.4, -0.2) is 23.5 Å². The molecule has 0 N–H and O–H groups in total. The molecule has 5 aromatic heterocycles. The van der Waals surface area contributed by atoms with Crippen LogP contribution in [-0.2, 0) is 0 Å². The van der Waals surface area contributed by atoms with Crippen LogP contribution in [0.3, 0.4) is 0 Å². The zero-order valence-corrected chi connectivity index (χ0v) is 31.6. The number of benzene rings is 9. The van der Waals surface area contributed by atoms with E-state index < -0.39 is 0 Å². The Kier molecular flexibility index (Phi) is 5.96. The van der Waals surface area contributed by atoms with Crippen LogP contribution < -0.4 is 0 Å². The third kappa shape index (κ3) is 4.08. The van der Waals surface area contributed by atoms with Crippen molar-refractivity contribution in [3.8, 4) is 22.8 Å². The third-order valence-electron chi connectivity index (χ3n) is 12.7. The highest BCUT2D eigenvalue weighted by Crippen LogP contribution is 2.48. The topological polar surface area (TPSA) is 40.0 Å². The summed E-state index contributed by atoms with van der Waals surface area (Å²) in [5, 5.41) is 12.2. The molecule has 5 heterocycles. The fraction of sp³-hybridized carbons (Fsp3) is 0. The molecule has 0 fully saturated rings. The van der Waals surface area contributed by atoms with E-state index in [2.05, 4.69) is 202 Å². The smallest absolute Gasteiger partial charge is 0.165 e. The Hall–Kier alpha value is -8.02. The van der Waals surface area contributed by atoms with E-state index in [1.165, 1.54) is 75.9 Å². The summed E-state index contributed by atoms with van der Waals surface area (Å²) >= 11 is 0. The normalized spacial score (nSPS) is 12.4. The summed E-state index contributed by atoms with van der Waals surface area (Å²) in [6.45, 7) is 0. The molecule has 0 saturated heterocycles. The Balaban J connectivity index is 1.17. The number of hydrogen-bond acceptors (Lipinski definition) is 2. The highest BCUT2D eigenvalue weighted by Gasteiger charge is 2.27. The molecule has 0 radical (unpaired) electrons. The van der Waals surface area contributed by atoms with Gasteiger partial charge in [0.1, 0.15) is 5.69 Å². The number of para-hydroxylation sites is 6. The summed E-state index contributed by atoms with van der Waals surface area (Å²) in [5.41, 5.74) is 12.9. The first-order chi connectivity index (χ1) is 29.3. The average Bonchev–Trinajstić information content (AvgIpc) is 4.01. The Morgan fingerprint density at radius 2 is 0.915 bits per heavy atom. The minimum absolute atomic E-state index is 0.809. The zero-order chi connectivity index (χ0) is 38.3. The predicted molar refractivity (Wildman–Crippen MR) is 246 cm³/mol. The Labute approximate surface area is 336 Å². The van der Waals surface area contributed by atoms with Gasteiger partial charge in [0.05, 0.1) is 49.7 Å². The first-order valence-corrected chi connectivity index (χ1v) is 20.2. The molecule has 5 heteroatoms. The van der Waals surface area contributed by atoms with Gasteiger partial charge in [0.2, 0.25) is 0 Å². The minimum Gasteiger partial charge on any atom is -0.309 e. The van der Waals surface area contributed by atoms with Gasteiger partial charge in [0.15, 0.2) is 5.82 Å². The molecule has 0 unspecified atom stereocenters. The van der Waals surface area contributed by atoms with Gasteiger partial charge in [-0.25, -0.2) is 9.97 Å². The van der Waals surface area contributed by atoms with Crippen molar-refractivity contribution in [2.24, 2.45) is 0 Å². The minimum atomic E-state index is 0.809. The third-order valence-corrected chi connectivity index (χ3v) is 12.7. The van der Waals surface area contributed by atoms with Crippen molar-refractivity contribution in [3.05, 3.63) is 188 Å². The van der Waals surface area contributed by atoms with Gasteiger partial charge in [-0.2, -0.15) is 0 Å². The van der Waals surface area contributed by atoms with Crippen LogP contribution in [0.2, 0.25) is 0 Å². The molecule has 5 nitrogen and oxygen atoms in total. The van der Waals surface area contributed by atoms with E-state index >= 15 is 0 Å². The van der Waals surface area contributed by atoms with Crippen molar-refractivity contribution in [3.63, 3.8) is 0 Å². The summed E-state index contributed by atoms with van der Waals surface area (Å²) < 4.78 is 7.28. The summed E-state index contributed by atoms with van der Waals surface area (Å²) in [6.07, 6.45) is 0. The van der Waals surface area contributed by atoms with Gasteiger partial charge in [-0.15, -0.1) is 0 Å². The quantitative estimate of drug-likeness (QED) is 0.180.